The zero-order chi connectivity index (χ0) is 39.6. The highest BCUT2D eigenvalue weighted by Crippen LogP contribution is 2.37. The van der Waals surface area contributed by atoms with Gasteiger partial charge in [0.25, 0.3) is 0 Å². The Labute approximate surface area is 338 Å². The van der Waals surface area contributed by atoms with Gasteiger partial charge < -0.3 is 19.8 Å². The first-order chi connectivity index (χ1) is 27.7. The number of nitrogens with one attached hydrogen (secondary N) is 2. The van der Waals surface area contributed by atoms with Crippen LogP contribution < -0.4 is 0 Å². The number of carbonyl (C=O) groups is 2. The van der Waals surface area contributed by atoms with Crippen LogP contribution in [0.2, 0.25) is 5.15 Å². The van der Waals surface area contributed by atoms with Crippen LogP contribution in [-0.4, -0.2) is 97.6 Å². The van der Waals surface area contributed by atoms with Gasteiger partial charge in [-0.2, -0.15) is 0 Å². The number of hydrogen-bond acceptors (Lipinski definition) is 7. The summed E-state index contributed by atoms with van der Waals surface area (Å²) in [6.45, 7) is 1.39. The third-order valence-corrected chi connectivity index (χ3v) is 11.5. The quantitative estimate of drug-likeness (QED) is 0.128. The lowest BCUT2D eigenvalue weighted by Crippen LogP contribution is -2.40. The summed E-state index contributed by atoms with van der Waals surface area (Å²) >= 11 is 6.03. The van der Waals surface area contributed by atoms with Crippen molar-refractivity contribution in [2.24, 2.45) is 0 Å². The Bertz CT molecular complexity index is 2300. The molecular formula is C45H48ClN9O2. The summed E-state index contributed by atoms with van der Waals surface area (Å²) in [5.74, 6) is 1.74. The minimum atomic E-state index is -0.468. The fourth-order valence-corrected chi connectivity index (χ4v) is 8.55. The zero-order valence-corrected chi connectivity index (χ0v) is 33.5. The highest BCUT2D eigenvalue weighted by Gasteiger charge is 2.38. The van der Waals surface area contributed by atoms with Gasteiger partial charge in [0, 0.05) is 19.3 Å². The zero-order valence-electron chi connectivity index (χ0n) is 32.8. The van der Waals surface area contributed by atoms with Gasteiger partial charge in [0.1, 0.15) is 28.9 Å². The number of aromatic amines is 2. The van der Waals surface area contributed by atoms with Crippen LogP contribution in [-0.2, 0) is 9.59 Å². The Balaban J connectivity index is 0.929. The van der Waals surface area contributed by atoms with Crippen molar-refractivity contribution < 1.29 is 9.59 Å². The maximum atomic E-state index is 13.9. The number of amides is 2. The highest BCUT2D eigenvalue weighted by molar-refractivity contribution is 6.29. The van der Waals surface area contributed by atoms with Gasteiger partial charge in [0.2, 0.25) is 11.8 Å². The summed E-state index contributed by atoms with van der Waals surface area (Å²) in [4.78, 5) is 56.5. The maximum absolute atomic E-state index is 13.9. The molecule has 6 aromatic rings. The molecule has 2 aliphatic heterocycles. The number of hydrogen-bond donors (Lipinski definition) is 2. The monoisotopic (exact) mass is 781 g/mol. The standard InChI is InChI=1S/C45H48ClN9O2/c1-52(2)40(33-10-6-5-7-11-33)44(56)54-24-8-12-37(54)42-48-27-35(50-42)31-18-14-29(15-19-31)30-16-20-32(21-17-30)36-28-49-43(51-36)38-13-9-25-55(38)45(57)41(53(3)4)34-22-23-39(46)47-26-34/h5-7,10-11,14-23,26-28,37-38,40-41H,8-9,12-13,24-25H2,1-4H3,(H,48,50)(H,49,51)/t37-,38-,40+,41?/m0/s1. The number of rotatable bonds is 11. The minimum absolute atomic E-state index is 0.0256. The van der Waals surface area contributed by atoms with Crippen LogP contribution in [0, 0.1) is 0 Å². The molecule has 1 unspecified atom stereocenters. The van der Waals surface area contributed by atoms with Gasteiger partial charge in [-0.15, -0.1) is 0 Å². The van der Waals surface area contributed by atoms with E-state index in [9.17, 15) is 9.59 Å². The molecule has 3 aromatic heterocycles. The van der Waals surface area contributed by atoms with Crippen molar-refractivity contribution in [2.75, 3.05) is 41.3 Å². The lowest BCUT2D eigenvalue weighted by atomic mass is 10.0. The van der Waals surface area contributed by atoms with Gasteiger partial charge in [-0.05, 0) is 93.3 Å². The Morgan fingerprint density at radius 3 is 1.49 bits per heavy atom. The smallest absolute Gasteiger partial charge is 0.245 e. The second kappa shape index (κ2) is 16.5. The van der Waals surface area contributed by atoms with E-state index in [0.29, 0.717) is 18.2 Å². The molecule has 3 aromatic carbocycles. The molecule has 2 amide bonds. The first-order valence-electron chi connectivity index (χ1n) is 19.6. The van der Waals surface area contributed by atoms with Crippen molar-refractivity contribution >= 4 is 23.4 Å². The number of imidazole rings is 2. The van der Waals surface area contributed by atoms with E-state index < -0.39 is 6.04 Å². The molecule has 0 bridgehead atoms. The average molecular weight is 782 g/mol. The molecule has 12 heteroatoms. The van der Waals surface area contributed by atoms with Gasteiger partial charge in [-0.25, -0.2) is 15.0 Å². The number of halogens is 1. The van der Waals surface area contributed by atoms with Crippen molar-refractivity contribution in [2.45, 2.75) is 49.9 Å². The number of carbonyl (C=O) groups excluding carboxylic acids is 2. The summed E-state index contributed by atoms with van der Waals surface area (Å²) in [5, 5.41) is 0.400. The van der Waals surface area contributed by atoms with Crippen LogP contribution in [0.4, 0.5) is 0 Å². The third kappa shape index (κ3) is 7.87. The van der Waals surface area contributed by atoms with E-state index in [1.54, 1.807) is 12.3 Å². The predicted molar refractivity (Wildman–Crippen MR) is 223 cm³/mol. The van der Waals surface area contributed by atoms with E-state index in [1.165, 1.54) is 0 Å². The van der Waals surface area contributed by atoms with Crippen molar-refractivity contribution in [3.8, 4) is 33.6 Å². The lowest BCUT2D eigenvalue weighted by molar-refractivity contribution is -0.138. The van der Waals surface area contributed by atoms with E-state index in [4.69, 9.17) is 21.6 Å². The van der Waals surface area contributed by atoms with E-state index >= 15 is 0 Å². The summed E-state index contributed by atoms with van der Waals surface area (Å²) in [6, 6.07) is 29.4. The SMILES string of the molecule is CN(C)C(C(=O)N1CCC[C@H]1c1ncc(-c2ccc(-c3ccc(-c4cnc([C@@H]5CCCN5C(=O)[C@@H](c5ccccc5)N(C)C)[nH]4)cc3)cc2)[nH]1)c1ccc(Cl)nc1. The lowest BCUT2D eigenvalue weighted by Gasteiger charge is -2.31. The fraction of sp³-hybridized carbons (Fsp3) is 0.311. The summed E-state index contributed by atoms with van der Waals surface area (Å²) in [7, 11) is 7.73. The van der Waals surface area contributed by atoms with Gasteiger partial charge in [0.05, 0.1) is 35.9 Å². The van der Waals surface area contributed by atoms with E-state index in [0.717, 1.165) is 82.1 Å². The van der Waals surface area contributed by atoms with Gasteiger partial charge in [-0.1, -0.05) is 96.5 Å². The Morgan fingerprint density at radius 1 is 0.596 bits per heavy atom. The molecule has 0 radical (unpaired) electrons. The number of H-pyrrole nitrogens is 2. The Kier molecular flexibility index (Phi) is 11.1. The number of likely N-dealkylation sites (N-methyl/N-ethyl adjacent to an activating group) is 2. The summed E-state index contributed by atoms with van der Waals surface area (Å²) in [6.07, 6.45) is 8.98. The number of nitrogens with zero attached hydrogens (tertiary/aromatic N) is 7. The number of benzene rings is 3. The Morgan fingerprint density at radius 2 is 1.05 bits per heavy atom. The predicted octanol–water partition coefficient (Wildman–Crippen LogP) is 8.12. The highest BCUT2D eigenvalue weighted by atomic mass is 35.5. The molecule has 0 saturated carbocycles. The molecule has 4 atom stereocenters. The summed E-state index contributed by atoms with van der Waals surface area (Å²) in [5.41, 5.74) is 7.90. The van der Waals surface area contributed by atoms with Crippen molar-refractivity contribution in [1.29, 1.82) is 0 Å². The van der Waals surface area contributed by atoms with Crippen LogP contribution in [0.15, 0.2) is 110 Å². The third-order valence-electron chi connectivity index (χ3n) is 11.3. The molecule has 8 rings (SSSR count). The van der Waals surface area contributed by atoms with Gasteiger partial charge in [-0.3, -0.25) is 19.4 Å². The molecule has 11 nitrogen and oxygen atoms in total. The molecular weight excluding hydrogens is 734 g/mol. The van der Waals surface area contributed by atoms with Crippen LogP contribution in [0.3, 0.4) is 0 Å². The number of likely N-dealkylation sites (tertiary alicyclic amines) is 2. The average Bonchev–Trinajstić information content (AvgIpc) is 4.06. The largest absolute Gasteiger partial charge is 0.340 e. The minimum Gasteiger partial charge on any atom is -0.340 e. The summed E-state index contributed by atoms with van der Waals surface area (Å²) < 4.78 is 0. The molecule has 5 heterocycles. The van der Waals surface area contributed by atoms with Gasteiger partial charge >= 0.3 is 0 Å². The van der Waals surface area contributed by atoms with Crippen LogP contribution in [0.1, 0.15) is 72.6 Å². The van der Waals surface area contributed by atoms with Gasteiger partial charge in [0.15, 0.2) is 0 Å². The number of pyridine rings is 1. The molecule has 292 valence electrons. The van der Waals surface area contributed by atoms with Crippen molar-refractivity contribution in [3.05, 3.63) is 138 Å². The van der Waals surface area contributed by atoms with E-state index in [1.807, 2.05) is 96.6 Å². The fourth-order valence-electron chi connectivity index (χ4n) is 8.44. The molecule has 0 spiro atoms. The first-order valence-corrected chi connectivity index (χ1v) is 20.0. The molecule has 2 fully saturated rings. The molecule has 2 aliphatic rings. The second-order valence-electron chi connectivity index (χ2n) is 15.5. The van der Waals surface area contributed by atoms with Crippen molar-refractivity contribution in [1.82, 2.24) is 44.5 Å². The van der Waals surface area contributed by atoms with Crippen LogP contribution in [0.5, 0.6) is 0 Å². The maximum Gasteiger partial charge on any atom is 0.245 e. The molecule has 2 N–H and O–H groups in total. The number of aromatic nitrogens is 5. The van der Waals surface area contributed by atoms with E-state index in [2.05, 4.69) is 63.5 Å². The second-order valence-corrected chi connectivity index (χ2v) is 15.8. The molecule has 57 heavy (non-hydrogen) atoms. The topological polar surface area (TPSA) is 117 Å². The normalized spacial score (nSPS) is 18.1. The van der Waals surface area contributed by atoms with Crippen molar-refractivity contribution in [3.63, 3.8) is 0 Å². The van der Waals surface area contributed by atoms with Crippen LogP contribution in [0.25, 0.3) is 33.6 Å². The molecule has 2 saturated heterocycles. The first kappa shape index (κ1) is 38.3. The Hall–Kier alpha value is -5.62. The van der Waals surface area contributed by atoms with Crippen LogP contribution >= 0.6 is 11.6 Å². The van der Waals surface area contributed by atoms with E-state index in [-0.39, 0.29) is 29.9 Å². The molecule has 0 aliphatic carbocycles.